The van der Waals surface area contributed by atoms with Crippen LogP contribution in [0.3, 0.4) is 0 Å². The number of nitrogens with zero attached hydrogens (tertiary/aromatic N) is 3. The SMILES string of the molecule is CC(C)N(CCO)c1cc(C(N)=NO)c2ccccc2n1. The maximum atomic E-state index is 9.23. The molecule has 0 aliphatic heterocycles. The molecule has 1 aromatic heterocycles. The van der Waals surface area contributed by atoms with Crippen LogP contribution in [0.15, 0.2) is 35.5 Å². The van der Waals surface area contributed by atoms with Crippen molar-refractivity contribution in [3.8, 4) is 0 Å². The van der Waals surface area contributed by atoms with Gasteiger partial charge in [0.1, 0.15) is 5.82 Å². The standard InChI is InChI=1S/C15H20N4O2/c1-10(2)19(7-8-20)14-9-12(15(16)18-21)11-5-3-4-6-13(11)17-14/h3-6,9-10,20-21H,7-8H2,1-2H3,(H2,16,18). The van der Waals surface area contributed by atoms with Crippen molar-refractivity contribution in [1.82, 2.24) is 4.98 Å². The number of aliphatic hydroxyl groups is 1. The summed E-state index contributed by atoms with van der Waals surface area (Å²) >= 11 is 0. The summed E-state index contributed by atoms with van der Waals surface area (Å²) in [5.74, 6) is 0.738. The lowest BCUT2D eigenvalue weighted by atomic mass is 10.1. The van der Waals surface area contributed by atoms with E-state index < -0.39 is 0 Å². The first-order valence-electron chi connectivity index (χ1n) is 6.83. The summed E-state index contributed by atoms with van der Waals surface area (Å²) < 4.78 is 0. The van der Waals surface area contributed by atoms with Crippen LogP contribution in [0.5, 0.6) is 0 Å². The molecule has 0 aliphatic rings. The molecule has 0 unspecified atom stereocenters. The normalized spacial score (nSPS) is 12.1. The summed E-state index contributed by atoms with van der Waals surface area (Å²) in [7, 11) is 0. The average molecular weight is 288 g/mol. The molecule has 0 aliphatic carbocycles. The molecule has 1 heterocycles. The molecule has 0 bridgehead atoms. The highest BCUT2D eigenvalue weighted by Gasteiger charge is 2.16. The molecular weight excluding hydrogens is 268 g/mol. The van der Waals surface area contributed by atoms with Crippen molar-refractivity contribution in [1.29, 1.82) is 0 Å². The maximum Gasteiger partial charge on any atom is 0.170 e. The van der Waals surface area contributed by atoms with Crippen LogP contribution in [-0.2, 0) is 0 Å². The summed E-state index contributed by atoms with van der Waals surface area (Å²) in [6, 6.07) is 9.49. The van der Waals surface area contributed by atoms with Gasteiger partial charge in [-0.05, 0) is 26.0 Å². The van der Waals surface area contributed by atoms with Crippen molar-refractivity contribution in [3.05, 3.63) is 35.9 Å². The number of amidine groups is 1. The van der Waals surface area contributed by atoms with Gasteiger partial charge in [-0.3, -0.25) is 0 Å². The third-order valence-corrected chi connectivity index (χ3v) is 3.34. The number of para-hydroxylation sites is 1. The summed E-state index contributed by atoms with van der Waals surface area (Å²) in [6.07, 6.45) is 0. The predicted molar refractivity (Wildman–Crippen MR) is 83.8 cm³/mol. The molecule has 4 N–H and O–H groups in total. The largest absolute Gasteiger partial charge is 0.409 e. The number of benzene rings is 1. The zero-order valence-electron chi connectivity index (χ0n) is 12.2. The van der Waals surface area contributed by atoms with Gasteiger partial charge < -0.3 is 20.9 Å². The Morgan fingerprint density at radius 2 is 2.10 bits per heavy atom. The van der Waals surface area contributed by atoms with Gasteiger partial charge in [0.15, 0.2) is 5.84 Å². The van der Waals surface area contributed by atoms with Crippen LogP contribution in [0.2, 0.25) is 0 Å². The quantitative estimate of drug-likeness (QED) is 0.336. The van der Waals surface area contributed by atoms with Crippen molar-refractivity contribution in [2.75, 3.05) is 18.1 Å². The zero-order valence-corrected chi connectivity index (χ0v) is 12.2. The van der Waals surface area contributed by atoms with E-state index in [0.29, 0.717) is 17.9 Å². The van der Waals surface area contributed by atoms with Crippen LogP contribution in [-0.4, -0.2) is 40.3 Å². The van der Waals surface area contributed by atoms with Crippen LogP contribution >= 0.6 is 0 Å². The Morgan fingerprint density at radius 1 is 1.38 bits per heavy atom. The maximum absolute atomic E-state index is 9.23. The van der Waals surface area contributed by atoms with Crippen LogP contribution in [0.4, 0.5) is 5.82 Å². The minimum atomic E-state index is 0.0333. The molecule has 21 heavy (non-hydrogen) atoms. The van der Waals surface area contributed by atoms with Crippen molar-refractivity contribution in [3.63, 3.8) is 0 Å². The lowest BCUT2D eigenvalue weighted by Gasteiger charge is -2.27. The van der Waals surface area contributed by atoms with Crippen molar-refractivity contribution < 1.29 is 10.3 Å². The van der Waals surface area contributed by atoms with E-state index >= 15 is 0 Å². The number of pyridine rings is 1. The number of nitrogens with two attached hydrogens (primary N) is 1. The van der Waals surface area contributed by atoms with Crippen molar-refractivity contribution >= 4 is 22.6 Å². The number of hydrogen-bond donors (Lipinski definition) is 3. The van der Waals surface area contributed by atoms with Crippen LogP contribution in [0.1, 0.15) is 19.4 Å². The minimum absolute atomic E-state index is 0.0333. The van der Waals surface area contributed by atoms with Crippen LogP contribution in [0, 0.1) is 0 Å². The second kappa shape index (κ2) is 6.41. The highest BCUT2D eigenvalue weighted by atomic mass is 16.4. The molecule has 6 nitrogen and oxygen atoms in total. The van der Waals surface area contributed by atoms with Crippen LogP contribution < -0.4 is 10.6 Å². The number of aliphatic hydroxyl groups excluding tert-OH is 1. The third kappa shape index (κ3) is 3.05. The van der Waals surface area contributed by atoms with Crippen molar-refractivity contribution in [2.45, 2.75) is 19.9 Å². The lowest BCUT2D eigenvalue weighted by Crippen LogP contribution is -2.34. The summed E-state index contributed by atoms with van der Waals surface area (Å²) in [4.78, 5) is 6.59. The Balaban J connectivity index is 2.65. The molecule has 0 spiro atoms. The Labute approximate surface area is 123 Å². The van der Waals surface area contributed by atoms with E-state index in [4.69, 9.17) is 10.9 Å². The minimum Gasteiger partial charge on any atom is -0.409 e. The van der Waals surface area contributed by atoms with Gasteiger partial charge in [-0.1, -0.05) is 23.4 Å². The molecule has 2 rings (SSSR count). The van der Waals surface area contributed by atoms with Gasteiger partial charge in [-0.15, -0.1) is 0 Å². The van der Waals surface area contributed by atoms with Crippen molar-refractivity contribution in [2.24, 2.45) is 10.9 Å². The number of hydrogen-bond acceptors (Lipinski definition) is 5. The molecule has 0 saturated heterocycles. The molecule has 0 radical (unpaired) electrons. The van der Waals surface area contributed by atoms with E-state index in [0.717, 1.165) is 10.9 Å². The molecule has 0 fully saturated rings. The molecule has 0 saturated carbocycles. The van der Waals surface area contributed by atoms with E-state index in [1.54, 1.807) is 6.07 Å². The van der Waals surface area contributed by atoms with Gasteiger partial charge in [-0.25, -0.2) is 4.98 Å². The Kier molecular flexibility index (Phi) is 4.59. The van der Waals surface area contributed by atoms with Gasteiger partial charge in [-0.2, -0.15) is 0 Å². The molecule has 112 valence electrons. The Hall–Kier alpha value is -2.34. The van der Waals surface area contributed by atoms with E-state index in [1.165, 1.54) is 0 Å². The molecule has 0 amide bonds. The molecule has 1 aromatic carbocycles. The second-order valence-electron chi connectivity index (χ2n) is 5.04. The lowest BCUT2D eigenvalue weighted by molar-refractivity contribution is 0.298. The third-order valence-electron chi connectivity index (χ3n) is 3.34. The van der Waals surface area contributed by atoms with Crippen LogP contribution in [0.25, 0.3) is 10.9 Å². The summed E-state index contributed by atoms with van der Waals surface area (Å²) in [5.41, 5.74) is 7.17. The fourth-order valence-electron chi connectivity index (χ4n) is 2.32. The number of rotatable bonds is 5. The molecule has 0 atom stereocenters. The fraction of sp³-hybridized carbons (Fsp3) is 0.333. The number of anilines is 1. The topological polar surface area (TPSA) is 95.0 Å². The molecule has 6 heteroatoms. The highest BCUT2D eigenvalue weighted by Crippen LogP contribution is 2.24. The monoisotopic (exact) mass is 288 g/mol. The Bertz CT molecular complexity index is 655. The smallest absolute Gasteiger partial charge is 0.170 e. The number of oxime groups is 1. The Morgan fingerprint density at radius 3 is 2.71 bits per heavy atom. The first kappa shape index (κ1) is 15.1. The van der Waals surface area contributed by atoms with Gasteiger partial charge in [0.2, 0.25) is 0 Å². The highest BCUT2D eigenvalue weighted by molar-refractivity contribution is 6.08. The van der Waals surface area contributed by atoms with E-state index in [-0.39, 0.29) is 18.5 Å². The van der Waals surface area contributed by atoms with Gasteiger partial charge >= 0.3 is 0 Å². The first-order chi connectivity index (χ1) is 10.1. The average Bonchev–Trinajstić information content (AvgIpc) is 2.50. The fourth-order valence-corrected chi connectivity index (χ4v) is 2.32. The van der Waals surface area contributed by atoms with E-state index in [1.807, 2.05) is 43.0 Å². The first-order valence-corrected chi connectivity index (χ1v) is 6.83. The van der Waals surface area contributed by atoms with E-state index in [9.17, 15) is 5.11 Å². The number of aromatic nitrogens is 1. The molecule has 2 aromatic rings. The predicted octanol–water partition coefficient (Wildman–Crippen LogP) is 1.54. The zero-order chi connectivity index (χ0) is 15.4. The number of fused-ring (bicyclic) bond motifs is 1. The van der Waals surface area contributed by atoms with E-state index in [2.05, 4.69) is 10.1 Å². The second-order valence-corrected chi connectivity index (χ2v) is 5.04. The van der Waals surface area contributed by atoms with Gasteiger partial charge in [0.05, 0.1) is 12.1 Å². The molecular formula is C15H20N4O2. The summed E-state index contributed by atoms with van der Waals surface area (Å²) in [5, 5.41) is 22.1. The van der Waals surface area contributed by atoms with Gasteiger partial charge in [0, 0.05) is 23.5 Å². The summed E-state index contributed by atoms with van der Waals surface area (Å²) in [6.45, 7) is 4.55. The van der Waals surface area contributed by atoms with Gasteiger partial charge in [0.25, 0.3) is 0 Å².